The van der Waals surface area contributed by atoms with Crippen LogP contribution in [0.5, 0.6) is 5.75 Å². The molecule has 3 N–H and O–H groups in total. The summed E-state index contributed by atoms with van der Waals surface area (Å²) in [5.41, 5.74) is 5.94. The van der Waals surface area contributed by atoms with Crippen LogP contribution in [0, 0.1) is 17.1 Å². The van der Waals surface area contributed by atoms with Crippen LogP contribution in [0.1, 0.15) is 12.0 Å². The number of hydrogen-bond acceptors (Lipinski definition) is 4. The Morgan fingerprint density at radius 2 is 2.33 bits per heavy atom. The summed E-state index contributed by atoms with van der Waals surface area (Å²) in [6.07, 6.45) is 0.222. The van der Waals surface area contributed by atoms with E-state index >= 15 is 0 Å². The van der Waals surface area contributed by atoms with Crippen molar-refractivity contribution < 1.29 is 13.9 Å². The van der Waals surface area contributed by atoms with Gasteiger partial charge in [-0.25, -0.2) is 4.39 Å². The molecule has 0 unspecified atom stereocenters. The van der Waals surface area contributed by atoms with Crippen LogP contribution in [-0.4, -0.2) is 19.1 Å². The molecule has 6 heteroatoms. The first-order valence-corrected chi connectivity index (χ1v) is 5.43. The van der Waals surface area contributed by atoms with Gasteiger partial charge in [0.15, 0.2) is 18.2 Å². The lowest BCUT2D eigenvalue weighted by Gasteiger charge is -2.10. The number of carbonyl (C=O) groups is 1. The normalized spacial score (nSPS) is 9.61. The largest absolute Gasteiger partial charge is 0.480 e. The summed E-state index contributed by atoms with van der Waals surface area (Å²) in [7, 11) is 0. The van der Waals surface area contributed by atoms with Crippen molar-refractivity contribution in [2.45, 2.75) is 13.0 Å². The van der Waals surface area contributed by atoms with E-state index in [4.69, 9.17) is 15.7 Å². The van der Waals surface area contributed by atoms with E-state index in [9.17, 15) is 9.18 Å². The van der Waals surface area contributed by atoms with Crippen LogP contribution in [0.4, 0.5) is 4.39 Å². The number of rotatable bonds is 6. The van der Waals surface area contributed by atoms with Crippen molar-refractivity contribution in [2.24, 2.45) is 5.73 Å². The van der Waals surface area contributed by atoms with Crippen LogP contribution < -0.4 is 15.8 Å². The Morgan fingerprint density at radius 1 is 1.56 bits per heavy atom. The average Bonchev–Trinajstić information content (AvgIpc) is 2.37. The smallest absolute Gasteiger partial charge is 0.257 e. The SMILES string of the molecule is N#CCCNC(=O)COc1c(F)cccc1CN. The average molecular weight is 251 g/mol. The zero-order chi connectivity index (χ0) is 13.4. The Kier molecular flexibility index (Phi) is 5.61. The van der Waals surface area contributed by atoms with Crippen LogP contribution in [0.2, 0.25) is 0 Å². The van der Waals surface area contributed by atoms with E-state index in [1.54, 1.807) is 6.07 Å². The van der Waals surface area contributed by atoms with E-state index < -0.39 is 11.7 Å². The van der Waals surface area contributed by atoms with Gasteiger partial charge in [0.2, 0.25) is 0 Å². The molecule has 0 heterocycles. The third-order valence-corrected chi connectivity index (χ3v) is 2.18. The number of halogens is 1. The summed E-state index contributed by atoms with van der Waals surface area (Å²) in [5, 5.41) is 10.8. The zero-order valence-electron chi connectivity index (χ0n) is 9.78. The van der Waals surface area contributed by atoms with Crippen molar-refractivity contribution in [3.63, 3.8) is 0 Å². The highest BCUT2D eigenvalue weighted by molar-refractivity contribution is 5.77. The molecule has 1 rings (SSSR count). The van der Waals surface area contributed by atoms with Gasteiger partial charge in [-0.05, 0) is 6.07 Å². The van der Waals surface area contributed by atoms with Gasteiger partial charge in [-0.3, -0.25) is 4.79 Å². The highest BCUT2D eigenvalue weighted by atomic mass is 19.1. The van der Waals surface area contributed by atoms with E-state index in [0.717, 1.165) is 0 Å². The van der Waals surface area contributed by atoms with Crippen molar-refractivity contribution in [2.75, 3.05) is 13.2 Å². The Labute approximate surface area is 104 Å². The number of para-hydroxylation sites is 1. The molecule has 0 fully saturated rings. The first-order chi connectivity index (χ1) is 8.69. The number of nitrogens with one attached hydrogen (secondary N) is 1. The maximum absolute atomic E-state index is 13.4. The minimum atomic E-state index is -0.553. The number of amides is 1. The van der Waals surface area contributed by atoms with Gasteiger partial charge in [0.05, 0.1) is 12.5 Å². The Balaban J connectivity index is 2.53. The summed E-state index contributed by atoms with van der Waals surface area (Å²) < 4.78 is 18.5. The second-order valence-corrected chi connectivity index (χ2v) is 3.48. The number of benzene rings is 1. The van der Waals surface area contributed by atoms with Crippen molar-refractivity contribution in [3.05, 3.63) is 29.6 Å². The molecule has 0 aliphatic heterocycles. The van der Waals surface area contributed by atoms with Gasteiger partial charge < -0.3 is 15.8 Å². The molecule has 0 saturated carbocycles. The van der Waals surface area contributed by atoms with Crippen molar-refractivity contribution in [1.82, 2.24) is 5.32 Å². The van der Waals surface area contributed by atoms with E-state index in [0.29, 0.717) is 5.56 Å². The lowest BCUT2D eigenvalue weighted by atomic mass is 10.2. The first kappa shape index (κ1) is 13.9. The number of nitrogens with two attached hydrogens (primary N) is 1. The van der Waals surface area contributed by atoms with Crippen molar-refractivity contribution >= 4 is 5.91 Å². The predicted octanol–water partition coefficient (Wildman–Crippen LogP) is 0.693. The van der Waals surface area contributed by atoms with Crippen LogP contribution >= 0.6 is 0 Å². The van der Waals surface area contributed by atoms with Crippen LogP contribution in [0.15, 0.2) is 18.2 Å². The summed E-state index contributed by atoms with van der Waals surface area (Å²) in [6, 6.07) is 6.29. The van der Waals surface area contributed by atoms with E-state index in [1.165, 1.54) is 12.1 Å². The Morgan fingerprint density at radius 3 is 3.00 bits per heavy atom. The van der Waals surface area contributed by atoms with E-state index in [-0.39, 0.29) is 31.9 Å². The van der Waals surface area contributed by atoms with Gasteiger partial charge in [-0.15, -0.1) is 0 Å². The Bertz CT molecular complexity index is 457. The van der Waals surface area contributed by atoms with E-state index in [1.807, 2.05) is 6.07 Å². The quantitative estimate of drug-likeness (QED) is 0.728. The first-order valence-electron chi connectivity index (χ1n) is 5.43. The van der Waals surface area contributed by atoms with E-state index in [2.05, 4.69) is 5.32 Å². The third-order valence-electron chi connectivity index (χ3n) is 2.18. The predicted molar refractivity (Wildman–Crippen MR) is 63.0 cm³/mol. The molecule has 5 nitrogen and oxygen atoms in total. The summed E-state index contributed by atoms with van der Waals surface area (Å²) in [5.74, 6) is -0.963. The standard InChI is InChI=1S/C12H14FN3O2/c13-10-4-1-3-9(7-15)12(10)18-8-11(17)16-6-2-5-14/h1,3-4H,2,6-8,15H2,(H,16,17). The minimum Gasteiger partial charge on any atom is -0.480 e. The molecule has 0 spiro atoms. The molecule has 1 aromatic carbocycles. The third kappa shape index (κ3) is 4.03. The monoisotopic (exact) mass is 251 g/mol. The highest BCUT2D eigenvalue weighted by Crippen LogP contribution is 2.21. The molecule has 0 atom stereocenters. The molecule has 0 aromatic heterocycles. The molecular weight excluding hydrogens is 237 g/mol. The fraction of sp³-hybridized carbons (Fsp3) is 0.333. The van der Waals surface area contributed by atoms with Gasteiger partial charge in [0, 0.05) is 18.7 Å². The number of hydrogen-bond donors (Lipinski definition) is 2. The maximum Gasteiger partial charge on any atom is 0.257 e. The molecule has 0 bridgehead atoms. The number of nitrogens with zero attached hydrogens (tertiary/aromatic N) is 1. The molecule has 0 radical (unpaired) electrons. The molecule has 18 heavy (non-hydrogen) atoms. The second-order valence-electron chi connectivity index (χ2n) is 3.48. The van der Waals surface area contributed by atoms with Gasteiger partial charge in [0.25, 0.3) is 5.91 Å². The molecule has 0 aliphatic carbocycles. The second kappa shape index (κ2) is 7.25. The van der Waals surface area contributed by atoms with Gasteiger partial charge >= 0.3 is 0 Å². The summed E-state index contributed by atoms with van der Waals surface area (Å²) in [4.78, 5) is 11.3. The van der Waals surface area contributed by atoms with Gasteiger partial charge in [-0.1, -0.05) is 12.1 Å². The van der Waals surface area contributed by atoms with Crippen LogP contribution in [0.3, 0.4) is 0 Å². The minimum absolute atomic E-state index is 0.00423. The zero-order valence-corrected chi connectivity index (χ0v) is 9.78. The molecular formula is C12H14FN3O2. The number of ether oxygens (including phenoxy) is 1. The van der Waals surface area contributed by atoms with Gasteiger partial charge in [0.1, 0.15) is 0 Å². The fourth-order valence-corrected chi connectivity index (χ4v) is 1.32. The molecule has 0 saturated heterocycles. The molecule has 96 valence electrons. The van der Waals surface area contributed by atoms with Gasteiger partial charge in [-0.2, -0.15) is 5.26 Å². The molecule has 0 aliphatic rings. The lowest BCUT2D eigenvalue weighted by Crippen LogP contribution is -2.29. The summed E-state index contributed by atoms with van der Waals surface area (Å²) in [6.45, 7) is 0.0716. The molecule has 1 amide bonds. The maximum atomic E-state index is 13.4. The Hall–Kier alpha value is -2.13. The lowest BCUT2D eigenvalue weighted by molar-refractivity contribution is -0.123. The highest BCUT2D eigenvalue weighted by Gasteiger charge is 2.10. The number of carbonyl (C=O) groups excluding carboxylic acids is 1. The van der Waals surface area contributed by atoms with Crippen molar-refractivity contribution in [3.8, 4) is 11.8 Å². The fourth-order valence-electron chi connectivity index (χ4n) is 1.32. The van der Waals surface area contributed by atoms with Crippen molar-refractivity contribution in [1.29, 1.82) is 5.26 Å². The summed E-state index contributed by atoms with van der Waals surface area (Å²) >= 11 is 0. The molecule has 1 aromatic rings. The van der Waals surface area contributed by atoms with Crippen LogP contribution in [0.25, 0.3) is 0 Å². The topological polar surface area (TPSA) is 88.1 Å². The number of nitriles is 1. The van der Waals surface area contributed by atoms with Crippen LogP contribution in [-0.2, 0) is 11.3 Å².